The molecule has 1 fully saturated rings. The minimum atomic E-state index is 0.372. The molecule has 0 aromatic carbocycles. The molecule has 0 aromatic heterocycles. The minimum absolute atomic E-state index is 0.372. The average molecular weight is 189 g/mol. The summed E-state index contributed by atoms with van der Waals surface area (Å²) in [6, 6.07) is 0.372. The molecule has 12 heavy (non-hydrogen) atoms. The van der Waals surface area contributed by atoms with Crippen LogP contribution in [0, 0.1) is 0 Å². The number of rotatable bonds is 5. The van der Waals surface area contributed by atoms with Gasteiger partial charge in [0.1, 0.15) is 0 Å². The Bertz CT molecular complexity index is 115. The maximum Gasteiger partial charge on any atom is 0.0666 e. The zero-order chi connectivity index (χ0) is 8.81. The van der Waals surface area contributed by atoms with E-state index < -0.39 is 0 Å². The molecule has 2 nitrogen and oxygen atoms in total. The summed E-state index contributed by atoms with van der Waals surface area (Å²) in [6.45, 7) is 3.10. The molecule has 1 heterocycles. The van der Waals surface area contributed by atoms with Gasteiger partial charge in [-0.05, 0) is 19.3 Å². The molecule has 0 spiro atoms. The topological polar surface area (TPSA) is 35.2 Å². The molecule has 0 saturated carbocycles. The highest BCUT2D eigenvalue weighted by Crippen LogP contribution is 2.17. The van der Waals surface area contributed by atoms with Gasteiger partial charge in [-0.15, -0.1) is 0 Å². The largest absolute Gasteiger partial charge is 0.377 e. The van der Waals surface area contributed by atoms with Crippen molar-refractivity contribution in [1.29, 1.82) is 0 Å². The Hall–Kier alpha value is 0.270. The van der Waals surface area contributed by atoms with Crippen LogP contribution in [0.1, 0.15) is 26.2 Å². The Kier molecular flexibility index (Phi) is 5.04. The van der Waals surface area contributed by atoms with Gasteiger partial charge in [0.05, 0.1) is 6.10 Å². The fourth-order valence-corrected chi connectivity index (χ4v) is 2.44. The number of nitrogens with two attached hydrogens (primary N) is 1. The van der Waals surface area contributed by atoms with Crippen LogP contribution in [-0.4, -0.2) is 30.3 Å². The fraction of sp³-hybridized carbons (Fsp3) is 1.00. The van der Waals surface area contributed by atoms with E-state index in [1.165, 1.54) is 12.8 Å². The highest BCUT2D eigenvalue weighted by molar-refractivity contribution is 7.99. The van der Waals surface area contributed by atoms with E-state index >= 15 is 0 Å². The van der Waals surface area contributed by atoms with Crippen molar-refractivity contribution in [3.05, 3.63) is 0 Å². The van der Waals surface area contributed by atoms with Gasteiger partial charge in [-0.3, -0.25) is 0 Å². The zero-order valence-corrected chi connectivity index (χ0v) is 8.61. The quantitative estimate of drug-likeness (QED) is 0.714. The molecule has 1 aliphatic heterocycles. The van der Waals surface area contributed by atoms with Crippen molar-refractivity contribution in [2.45, 2.75) is 38.3 Å². The molecule has 3 heteroatoms. The second-order valence-corrected chi connectivity index (χ2v) is 4.42. The third-order valence-electron chi connectivity index (χ3n) is 2.18. The van der Waals surface area contributed by atoms with Gasteiger partial charge >= 0.3 is 0 Å². The number of thioether (sulfide) groups is 1. The van der Waals surface area contributed by atoms with Crippen molar-refractivity contribution in [2.75, 3.05) is 18.1 Å². The highest BCUT2D eigenvalue weighted by atomic mass is 32.2. The highest BCUT2D eigenvalue weighted by Gasteiger charge is 2.15. The Morgan fingerprint density at radius 1 is 1.67 bits per heavy atom. The molecule has 2 atom stereocenters. The second kappa shape index (κ2) is 5.84. The van der Waals surface area contributed by atoms with E-state index in [0.29, 0.717) is 12.1 Å². The lowest BCUT2D eigenvalue weighted by molar-refractivity contribution is 0.129. The Morgan fingerprint density at radius 2 is 2.50 bits per heavy atom. The van der Waals surface area contributed by atoms with E-state index in [1.807, 2.05) is 11.8 Å². The lowest BCUT2D eigenvalue weighted by Gasteiger charge is -2.11. The van der Waals surface area contributed by atoms with Gasteiger partial charge in [-0.1, -0.05) is 6.92 Å². The maximum absolute atomic E-state index is 5.80. The van der Waals surface area contributed by atoms with E-state index in [2.05, 4.69) is 6.92 Å². The van der Waals surface area contributed by atoms with Gasteiger partial charge < -0.3 is 10.5 Å². The van der Waals surface area contributed by atoms with Gasteiger partial charge in [0.2, 0.25) is 0 Å². The predicted molar refractivity (Wildman–Crippen MR) is 54.6 cm³/mol. The third kappa shape index (κ3) is 3.78. The van der Waals surface area contributed by atoms with Crippen LogP contribution < -0.4 is 5.73 Å². The summed E-state index contributed by atoms with van der Waals surface area (Å²) in [4.78, 5) is 0. The van der Waals surface area contributed by atoms with Gasteiger partial charge in [0.15, 0.2) is 0 Å². The van der Waals surface area contributed by atoms with E-state index in [-0.39, 0.29) is 0 Å². The van der Waals surface area contributed by atoms with Crippen molar-refractivity contribution in [3.63, 3.8) is 0 Å². The van der Waals surface area contributed by atoms with Crippen LogP contribution in [0.2, 0.25) is 0 Å². The summed E-state index contributed by atoms with van der Waals surface area (Å²) in [7, 11) is 0. The molecule has 2 unspecified atom stereocenters. The molecule has 0 radical (unpaired) electrons. The molecule has 0 aliphatic carbocycles. The molecular formula is C9H19NOS. The first-order valence-corrected chi connectivity index (χ1v) is 5.93. The molecule has 72 valence electrons. The van der Waals surface area contributed by atoms with Gasteiger partial charge in [-0.2, -0.15) is 11.8 Å². The number of hydrogen-bond acceptors (Lipinski definition) is 3. The average Bonchev–Trinajstić information content (AvgIpc) is 2.57. The van der Waals surface area contributed by atoms with Crippen LogP contribution in [0.3, 0.4) is 0 Å². The smallest absolute Gasteiger partial charge is 0.0666 e. The van der Waals surface area contributed by atoms with E-state index in [1.54, 1.807) is 0 Å². The summed E-state index contributed by atoms with van der Waals surface area (Å²) < 4.78 is 5.51. The lowest BCUT2D eigenvalue weighted by atomic mass is 10.3. The van der Waals surface area contributed by atoms with Crippen LogP contribution >= 0.6 is 11.8 Å². The maximum atomic E-state index is 5.80. The van der Waals surface area contributed by atoms with Crippen LogP contribution in [0.5, 0.6) is 0 Å². The predicted octanol–water partition coefficient (Wildman–Crippen LogP) is 1.64. The first-order valence-electron chi connectivity index (χ1n) is 4.78. The van der Waals surface area contributed by atoms with Gasteiger partial charge in [0.25, 0.3) is 0 Å². The molecule has 0 bridgehead atoms. The van der Waals surface area contributed by atoms with Crippen LogP contribution in [0.4, 0.5) is 0 Å². The summed E-state index contributed by atoms with van der Waals surface area (Å²) in [5.41, 5.74) is 5.80. The Morgan fingerprint density at radius 3 is 3.08 bits per heavy atom. The first kappa shape index (κ1) is 10.4. The van der Waals surface area contributed by atoms with E-state index in [9.17, 15) is 0 Å². The van der Waals surface area contributed by atoms with Crippen molar-refractivity contribution in [3.8, 4) is 0 Å². The summed E-state index contributed by atoms with van der Waals surface area (Å²) >= 11 is 1.93. The molecule has 1 saturated heterocycles. The molecular weight excluding hydrogens is 170 g/mol. The zero-order valence-electron chi connectivity index (χ0n) is 7.79. The monoisotopic (exact) mass is 189 g/mol. The molecule has 1 aliphatic rings. The molecule has 0 aromatic rings. The van der Waals surface area contributed by atoms with Crippen molar-refractivity contribution < 1.29 is 4.74 Å². The summed E-state index contributed by atoms with van der Waals surface area (Å²) in [5.74, 6) is 2.21. The minimum Gasteiger partial charge on any atom is -0.377 e. The lowest BCUT2D eigenvalue weighted by Crippen LogP contribution is -2.22. The van der Waals surface area contributed by atoms with Crippen LogP contribution in [-0.2, 0) is 4.74 Å². The molecule has 1 rings (SSSR count). The summed E-state index contributed by atoms with van der Waals surface area (Å²) in [6.07, 6.45) is 4.08. The second-order valence-electron chi connectivity index (χ2n) is 3.34. The van der Waals surface area contributed by atoms with Gasteiger partial charge in [-0.25, -0.2) is 0 Å². The van der Waals surface area contributed by atoms with Crippen molar-refractivity contribution >= 4 is 11.8 Å². The van der Waals surface area contributed by atoms with Crippen molar-refractivity contribution in [2.24, 2.45) is 5.73 Å². The Balaban J connectivity index is 1.94. The van der Waals surface area contributed by atoms with Crippen LogP contribution in [0.15, 0.2) is 0 Å². The van der Waals surface area contributed by atoms with Gasteiger partial charge in [0, 0.05) is 24.2 Å². The SMILES string of the molecule is CCC(N)CSCC1CCCO1. The van der Waals surface area contributed by atoms with E-state index in [4.69, 9.17) is 10.5 Å². The number of ether oxygens (including phenoxy) is 1. The first-order chi connectivity index (χ1) is 5.83. The number of hydrogen-bond donors (Lipinski definition) is 1. The normalized spacial score (nSPS) is 26.0. The van der Waals surface area contributed by atoms with E-state index in [0.717, 1.165) is 24.5 Å². The summed E-state index contributed by atoms with van der Waals surface area (Å²) in [5, 5.41) is 0. The fourth-order valence-electron chi connectivity index (χ4n) is 1.24. The van der Waals surface area contributed by atoms with Crippen LogP contribution in [0.25, 0.3) is 0 Å². The standard InChI is InChI=1S/C9H19NOS/c1-2-8(10)6-12-7-9-4-3-5-11-9/h8-9H,2-7,10H2,1H3. The molecule has 0 amide bonds. The Labute approximate surface area is 79.2 Å². The van der Waals surface area contributed by atoms with Crippen molar-refractivity contribution in [1.82, 2.24) is 0 Å². The third-order valence-corrected chi connectivity index (χ3v) is 3.46. The molecule has 2 N–H and O–H groups in total.